The first-order valence-corrected chi connectivity index (χ1v) is 7.39. The van der Waals surface area contributed by atoms with Gasteiger partial charge in [0.15, 0.2) is 13.1 Å². The highest BCUT2D eigenvalue weighted by Crippen LogP contribution is 2.17. The van der Waals surface area contributed by atoms with Crippen LogP contribution in [-0.4, -0.2) is 44.6 Å². The zero-order chi connectivity index (χ0) is 17.2. The molecule has 1 atom stereocenters. The van der Waals surface area contributed by atoms with Crippen molar-refractivity contribution in [2.24, 2.45) is 0 Å². The van der Waals surface area contributed by atoms with Crippen molar-refractivity contribution < 1.29 is 28.0 Å². The van der Waals surface area contributed by atoms with Gasteiger partial charge in [0, 0.05) is 12.2 Å². The molecule has 0 radical (unpaired) electrons. The maximum Gasteiger partial charge on any atom is 0.387 e. The Morgan fingerprint density at radius 2 is 1.74 bits per heavy atom. The molecule has 0 saturated carbocycles. The fourth-order valence-electron chi connectivity index (χ4n) is 1.95. The summed E-state index contributed by atoms with van der Waals surface area (Å²) in [5, 5.41) is 5.35. The Bertz CT molecular complexity index is 509. The standard InChI is InChI=1S/C15H21F2N3O3/c1-3-18-13(21)9-20(4-2)10-14(22)19-11-5-7-12(8-6-11)23-15(16)17/h5-8,15H,3-4,9-10H2,1-2H3,(H,18,21)(H,19,22)/p+1. The number of benzene rings is 1. The first-order chi connectivity index (χ1) is 10.9. The fraction of sp³-hybridized carbons (Fsp3) is 0.467. The van der Waals surface area contributed by atoms with Crippen LogP contribution in [0.25, 0.3) is 0 Å². The van der Waals surface area contributed by atoms with E-state index in [1.54, 1.807) is 0 Å². The molecule has 6 nitrogen and oxygen atoms in total. The summed E-state index contributed by atoms with van der Waals surface area (Å²) in [6, 6.07) is 5.65. The maximum absolute atomic E-state index is 12.0. The fourth-order valence-corrected chi connectivity index (χ4v) is 1.95. The second-order valence-electron chi connectivity index (χ2n) is 4.86. The van der Waals surface area contributed by atoms with Crippen LogP contribution >= 0.6 is 0 Å². The number of likely N-dealkylation sites (N-methyl/N-ethyl adjacent to an activating group) is 2. The molecule has 0 aromatic heterocycles. The highest BCUT2D eigenvalue weighted by molar-refractivity contribution is 5.91. The van der Waals surface area contributed by atoms with E-state index in [0.29, 0.717) is 18.8 Å². The molecule has 2 amide bonds. The number of ether oxygens (including phenoxy) is 1. The molecule has 0 aliphatic carbocycles. The molecule has 1 aromatic carbocycles. The van der Waals surface area contributed by atoms with Gasteiger partial charge in [-0.25, -0.2) is 0 Å². The van der Waals surface area contributed by atoms with Gasteiger partial charge in [-0.1, -0.05) is 0 Å². The van der Waals surface area contributed by atoms with Crippen LogP contribution in [0.15, 0.2) is 24.3 Å². The lowest BCUT2D eigenvalue weighted by molar-refractivity contribution is -0.881. The van der Waals surface area contributed by atoms with Crippen molar-refractivity contribution in [3.8, 4) is 5.75 Å². The van der Waals surface area contributed by atoms with E-state index in [2.05, 4.69) is 15.4 Å². The summed E-state index contributed by atoms with van der Waals surface area (Å²) in [6.45, 7) is 2.38. The quantitative estimate of drug-likeness (QED) is 0.608. The lowest BCUT2D eigenvalue weighted by Gasteiger charge is -2.16. The summed E-state index contributed by atoms with van der Waals surface area (Å²) in [6.07, 6.45) is 0. The third-order valence-corrected chi connectivity index (χ3v) is 3.06. The lowest BCUT2D eigenvalue weighted by Crippen LogP contribution is -3.14. The molecular weight excluding hydrogens is 308 g/mol. The summed E-state index contributed by atoms with van der Waals surface area (Å²) in [4.78, 5) is 24.3. The van der Waals surface area contributed by atoms with Gasteiger partial charge in [0.05, 0.1) is 6.54 Å². The number of hydrogen-bond acceptors (Lipinski definition) is 3. The van der Waals surface area contributed by atoms with Crippen LogP contribution in [-0.2, 0) is 9.59 Å². The van der Waals surface area contributed by atoms with E-state index in [1.807, 2.05) is 13.8 Å². The van der Waals surface area contributed by atoms with E-state index in [9.17, 15) is 18.4 Å². The monoisotopic (exact) mass is 330 g/mol. The molecule has 0 bridgehead atoms. The van der Waals surface area contributed by atoms with E-state index in [4.69, 9.17) is 0 Å². The Hall–Kier alpha value is -2.22. The van der Waals surface area contributed by atoms with Gasteiger partial charge in [0.2, 0.25) is 0 Å². The number of alkyl halides is 2. The van der Waals surface area contributed by atoms with Crippen LogP contribution in [0.5, 0.6) is 5.75 Å². The smallest absolute Gasteiger partial charge is 0.387 e. The van der Waals surface area contributed by atoms with Gasteiger partial charge in [-0.2, -0.15) is 8.78 Å². The van der Waals surface area contributed by atoms with Crippen molar-refractivity contribution in [1.29, 1.82) is 0 Å². The van der Waals surface area contributed by atoms with E-state index in [0.717, 1.165) is 4.90 Å². The Balaban J connectivity index is 2.49. The number of amides is 2. The van der Waals surface area contributed by atoms with E-state index < -0.39 is 6.61 Å². The third kappa shape index (κ3) is 7.55. The van der Waals surface area contributed by atoms with Crippen LogP contribution < -0.4 is 20.3 Å². The van der Waals surface area contributed by atoms with Gasteiger partial charge in [-0.3, -0.25) is 9.59 Å². The molecule has 8 heteroatoms. The van der Waals surface area contributed by atoms with Crippen molar-refractivity contribution in [2.45, 2.75) is 20.5 Å². The Kier molecular flexibility index (Phi) is 7.96. The number of carbonyl (C=O) groups is 2. The Morgan fingerprint density at radius 1 is 1.13 bits per heavy atom. The van der Waals surface area contributed by atoms with Gasteiger partial charge in [0.25, 0.3) is 11.8 Å². The number of anilines is 1. The molecule has 3 N–H and O–H groups in total. The van der Waals surface area contributed by atoms with Crippen LogP contribution in [0.3, 0.4) is 0 Å². The summed E-state index contributed by atoms with van der Waals surface area (Å²) in [7, 11) is 0. The zero-order valence-corrected chi connectivity index (χ0v) is 13.2. The molecule has 0 heterocycles. The number of nitrogens with one attached hydrogen (secondary N) is 3. The summed E-state index contributed by atoms with van der Waals surface area (Å²) >= 11 is 0. The zero-order valence-electron chi connectivity index (χ0n) is 13.2. The molecule has 1 rings (SSSR count). The van der Waals surface area contributed by atoms with Crippen LogP contribution in [0, 0.1) is 0 Å². The number of hydrogen-bond donors (Lipinski definition) is 3. The van der Waals surface area contributed by atoms with Crippen molar-refractivity contribution in [2.75, 3.05) is 31.5 Å². The molecule has 23 heavy (non-hydrogen) atoms. The average molecular weight is 330 g/mol. The first-order valence-electron chi connectivity index (χ1n) is 7.39. The highest BCUT2D eigenvalue weighted by atomic mass is 19.3. The molecule has 128 valence electrons. The third-order valence-electron chi connectivity index (χ3n) is 3.06. The number of quaternary nitrogens is 1. The highest BCUT2D eigenvalue weighted by Gasteiger charge is 2.16. The predicted octanol–water partition coefficient (Wildman–Crippen LogP) is 0.267. The molecule has 0 aliphatic heterocycles. The van der Waals surface area contributed by atoms with E-state index in [1.165, 1.54) is 24.3 Å². The first kappa shape index (κ1) is 18.8. The molecule has 0 aliphatic rings. The van der Waals surface area contributed by atoms with Gasteiger partial charge in [-0.15, -0.1) is 0 Å². The average Bonchev–Trinajstić information content (AvgIpc) is 2.48. The summed E-state index contributed by atoms with van der Waals surface area (Å²) in [5.74, 6) is -0.339. The van der Waals surface area contributed by atoms with Crippen molar-refractivity contribution in [3.05, 3.63) is 24.3 Å². The minimum Gasteiger partial charge on any atom is -0.435 e. The lowest BCUT2D eigenvalue weighted by atomic mass is 10.3. The molecule has 0 fully saturated rings. The minimum atomic E-state index is -2.88. The van der Waals surface area contributed by atoms with Gasteiger partial charge >= 0.3 is 6.61 Å². The number of carbonyl (C=O) groups excluding carboxylic acids is 2. The van der Waals surface area contributed by atoms with Crippen molar-refractivity contribution >= 4 is 17.5 Å². The van der Waals surface area contributed by atoms with E-state index >= 15 is 0 Å². The van der Waals surface area contributed by atoms with Crippen LogP contribution in [0.1, 0.15) is 13.8 Å². The molecule has 1 unspecified atom stereocenters. The van der Waals surface area contributed by atoms with Crippen LogP contribution in [0.2, 0.25) is 0 Å². The van der Waals surface area contributed by atoms with Crippen LogP contribution in [0.4, 0.5) is 14.5 Å². The minimum absolute atomic E-state index is 0.0232. The Morgan fingerprint density at radius 3 is 2.26 bits per heavy atom. The normalized spacial score (nSPS) is 11.9. The second-order valence-corrected chi connectivity index (χ2v) is 4.86. The van der Waals surface area contributed by atoms with E-state index in [-0.39, 0.29) is 30.7 Å². The molecule has 0 spiro atoms. The largest absolute Gasteiger partial charge is 0.435 e. The predicted molar refractivity (Wildman–Crippen MR) is 81.6 cm³/mol. The van der Waals surface area contributed by atoms with Crippen molar-refractivity contribution in [1.82, 2.24) is 5.32 Å². The van der Waals surface area contributed by atoms with Gasteiger partial charge in [-0.05, 0) is 38.1 Å². The summed E-state index contributed by atoms with van der Waals surface area (Å²) in [5.41, 5.74) is 0.477. The topological polar surface area (TPSA) is 71.9 Å². The molecule has 0 saturated heterocycles. The number of halogens is 2. The van der Waals surface area contributed by atoms with Gasteiger partial charge < -0.3 is 20.3 Å². The molecule has 1 aromatic rings. The SMILES string of the molecule is CCNC(=O)C[NH+](CC)CC(=O)Nc1ccc(OC(F)F)cc1. The van der Waals surface area contributed by atoms with Gasteiger partial charge in [0.1, 0.15) is 5.75 Å². The molecular formula is C15H22F2N3O3+. The second kappa shape index (κ2) is 9.73. The maximum atomic E-state index is 12.0. The Labute approximate surface area is 133 Å². The summed E-state index contributed by atoms with van der Waals surface area (Å²) < 4.78 is 28.3. The number of rotatable bonds is 9. The van der Waals surface area contributed by atoms with Crippen molar-refractivity contribution in [3.63, 3.8) is 0 Å².